The molecule has 1 aliphatic rings. The Morgan fingerprint density at radius 2 is 1.54 bits per heavy atom. The quantitative estimate of drug-likeness (QED) is 0.491. The van der Waals surface area contributed by atoms with Crippen LogP contribution in [0.15, 0.2) is 71.6 Å². The minimum atomic E-state index is -4.14. The number of rotatable bonds is 8. The molecule has 35 heavy (non-hydrogen) atoms. The molecule has 0 unspecified atom stereocenters. The average Bonchev–Trinajstić information content (AvgIpc) is 3.69. The number of carbonyl (C=O) groups excluding carboxylic acids is 2. The van der Waals surface area contributed by atoms with E-state index in [1.54, 1.807) is 24.1 Å². The maximum Gasteiger partial charge on any atom is 0.261 e. The summed E-state index contributed by atoms with van der Waals surface area (Å²) in [5.41, 5.74) is 1.97. The molecule has 1 fully saturated rings. The predicted octanol–water partition coefficient (Wildman–Crippen LogP) is 3.93. The molecule has 0 aromatic heterocycles. The minimum absolute atomic E-state index is 0.118. The van der Waals surface area contributed by atoms with Crippen molar-refractivity contribution in [2.24, 2.45) is 0 Å². The highest BCUT2D eigenvalue weighted by Crippen LogP contribution is 2.30. The monoisotopic (exact) mass is 499 g/mol. The van der Waals surface area contributed by atoms with Gasteiger partial charge < -0.3 is 10.2 Å². The number of hydrogen-bond acceptors (Lipinski definition) is 4. The maximum atomic E-state index is 13.4. The van der Waals surface area contributed by atoms with Crippen molar-refractivity contribution >= 4 is 27.5 Å². The second-order valence-corrected chi connectivity index (χ2v) is 9.88. The minimum Gasteiger partial charge on any atom is -0.355 e. The molecule has 10 heteroatoms. The number of sulfonamides is 1. The van der Waals surface area contributed by atoms with Gasteiger partial charge in [0.15, 0.2) is 11.6 Å². The first-order chi connectivity index (χ1) is 16.7. The third-order valence-electron chi connectivity index (χ3n) is 5.63. The number of benzene rings is 3. The van der Waals surface area contributed by atoms with Gasteiger partial charge in [-0.05, 0) is 73.0 Å². The number of hydrogen-bond donors (Lipinski definition) is 2. The van der Waals surface area contributed by atoms with E-state index in [0.29, 0.717) is 23.7 Å². The molecule has 1 aliphatic carbocycles. The van der Waals surface area contributed by atoms with Crippen LogP contribution < -0.4 is 10.0 Å². The van der Waals surface area contributed by atoms with Crippen molar-refractivity contribution < 1.29 is 26.8 Å². The Bertz CT molecular complexity index is 1360. The smallest absolute Gasteiger partial charge is 0.261 e. The number of nitrogens with zero attached hydrogens (tertiary/aromatic N) is 1. The van der Waals surface area contributed by atoms with Crippen LogP contribution in [0.2, 0.25) is 0 Å². The van der Waals surface area contributed by atoms with Gasteiger partial charge in [-0.25, -0.2) is 17.2 Å². The lowest BCUT2D eigenvalue weighted by molar-refractivity contribution is 0.0729. The summed E-state index contributed by atoms with van der Waals surface area (Å²) in [4.78, 5) is 26.3. The van der Waals surface area contributed by atoms with Crippen LogP contribution >= 0.6 is 0 Å². The summed E-state index contributed by atoms with van der Waals surface area (Å²) >= 11 is 0. The Morgan fingerprint density at radius 3 is 2.11 bits per heavy atom. The van der Waals surface area contributed by atoms with Crippen molar-refractivity contribution in [1.82, 2.24) is 10.2 Å². The van der Waals surface area contributed by atoms with Crippen molar-refractivity contribution in [1.29, 1.82) is 0 Å². The van der Waals surface area contributed by atoms with Crippen molar-refractivity contribution in [3.05, 3.63) is 95.1 Å². The molecule has 3 aromatic carbocycles. The van der Waals surface area contributed by atoms with Crippen molar-refractivity contribution in [2.75, 3.05) is 11.8 Å². The standard InChI is InChI=1S/C25H23F2N3O4S/c1-28-24(31)17-4-2-16(3-5-17)15-30(20-10-11-20)25(32)18-6-8-19(9-7-18)29-35(33,34)21-12-13-22(26)23(27)14-21/h2-9,12-14,20,29H,10-11,15H2,1H3,(H,28,31). The van der Waals surface area contributed by atoms with Crippen LogP contribution in [-0.4, -0.2) is 38.2 Å². The average molecular weight is 500 g/mol. The van der Waals surface area contributed by atoms with E-state index in [2.05, 4.69) is 10.0 Å². The number of anilines is 1. The topological polar surface area (TPSA) is 95.6 Å². The van der Waals surface area contributed by atoms with Crippen LogP contribution in [0.4, 0.5) is 14.5 Å². The van der Waals surface area contributed by atoms with Gasteiger partial charge in [0, 0.05) is 36.4 Å². The summed E-state index contributed by atoms with van der Waals surface area (Å²) in [6, 6.07) is 15.4. The van der Waals surface area contributed by atoms with E-state index in [-0.39, 0.29) is 23.5 Å². The van der Waals surface area contributed by atoms with Crippen LogP contribution in [0.1, 0.15) is 39.1 Å². The lowest BCUT2D eigenvalue weighted by Gasteiger charge is -2.23. The first-order valence-corrected chi connectivity index (χ1v) is 12.4. The number of carbonyl (C=O) groups is 2. The molecule has 0 heterocycles. The Morgan fingerprint density at radius 1 is 0.914 bits per heavy atom. The molecule has 1 saturated carbocycles. The Labute approximate surface area is 201 Å². The molecule has 0 radical (unpaired) electrons. The van der Waals surface area contributed by atoms with Crippen LogP contribution in [0.5, 0.6) is 0 Å². The van der Waals surface area contributed by atoms with Crippen molar-refractivity contribution in [3.8, 4) is 0 Å². The molecule has 0 saturated heterocycles. The fourth-order valence-electron chi connectivity index (χ4n) is 3.56. The molecule has 0 bridgehead atoms. The molecule has 182 valence electrons. The second-order valence-electron chi connectivity index (χ2n) is 8.20. The third kappa shape index (κ3) is 5.65. The molecular formula is C25H23F2N3O4S. The van der Waals surface area contributed by atoms with E-state index in [1.807, 2.05) is 12.1 Å². The van der Waals surface area contributed by atoms with Gasteiger partial charge >= 0.3 is 0 Å². The van der Waals surface area contributed by atoms with Crippen LogP contribution in [-0.2, 0) is 16.6 Å². The Hall–Kier alpha value is -3.79. The van der Waals surface area contributed by atoms with Gasteiger partial charge in [-0.15, -0.1) is 0 Å². The van der Waals surface area contributed by atoms with Crippen LogP contribution in [0.25, 0.3) is 0 Å². The number of nitrogens with one attached hydrogen (secondary N) is 2. The van der Waals surface area contributed by atoms with E-state index >= 15 is 0 Å². The maximum absolute atomic E-state index is 13.4. The summed E-state index contributed by atoms with van der Waals surface area (Å²) in [6.07, 6.45) is 1.79. The van der Waals surface area contributed by atoms with Gasteiger partial charge in [0.2, 0.25) is 0 Å². The summed E-state index contributed by atoms with van der Waals surface area (Å²) in [5, 5.41) is 2.56. The highest BCUT2D eigenvalue weighted by molar-refractivity contribution is 7.92. The molecule has 7 nitrogen and oxygen atoms in total. The van der Waals surface area contributed by atoms with E-state index in [0.717, 1.165) is 30.5 Å². The fourth-order valence-corrected chi connectivity index (χ4v) is 4.63. The highest BCUT2D eigenvalue weighted by Gasteiger charge is 2.33. The van der Waals surface area contributed by atoms with Crippen molar-refractivity contribution in [3.63, 3.8) is 0 Å². The van der Waals surface area contributed by atoms with Gasteiger partial charge in [-0.1, -0.05) is 12.1 Å². The van der Waals surface area contributed by atoms with E-state index in [1.165, 1.54) is 24.3 Å². The molecule has 0 aliphatic heterocycles. The van der Waals surface area contributed by atoms with E-state index in [4.69, 9.17) is 0 Å². The molecule has 3 aromatic rings. The Balaban J connectivity index is 1.47. The molecule has 0 spiro atoms. The number of amides is 2. The lowest BCUT2D eigenvalue weighted by Crippen LogP contribution is -2.32. The molecule has 0 atom stereocenters. The predicted molar refractivity (Wildman–Crippen MR) is 126 cm³/mol. The first-order valence-electron chi connectivity index (χ1n) is 10.9. The van der Waals surface area contributed by atoms with E-state index in [9.17, 15) is 26.8 Å². The molecular weight excluding hydrogens is 476 g/mol. The van der Waals surface area contributed by atoms with Crippen molar-refractivity contribution in [2.45, 2.75) is 30.3 Å². The summed E-state index contributed by atoms with van der Waals surface area (Å²) in [6.45, 7) is 0.377. The van der Waals surface area contributed by atoms with Gasteiger partial charge in [-0.2, -0.15) is 0 Å². The second kappa shape index (κ2) is 9.83. The summed E-state index contributed by atoms with van der Waals surface area (Å²) in [5.74, 6) is -2.79. The summed E-state index contributed by atoms with van der Waals surface area (Å²) in [7, 11) is -2.58. The third-order valence-corrected chi connectivity index (χ3v) is 7.01. The van der Waals surface area contributed by atoms with Gasteiger partial charge in [0.1, 0.15) is 0 Å². The van der Waals surface area contributed by atoms with Gasteiger partial charge in [-0.3, -0.25) is 14.3 Å². The SMILES string of the molecule is CNC(=O)c1ccc(CN(C(=O)c2ccc(NS(=O)(=O)c3ccc(F)c(F)c3)cc2)C2CC2)cc1. The van der Waals surface area contributed by atoms with Crippen LogP contribution in [0.3, 0.4) is 0 Å². The van der Waals surface area contributed by atoms with E-state index < -0.39 is 26.6 Å². The normalized spacial score (nSPS) is 13.2. The molecule has 2 N–H and O–H groups in total. The molecule has 2 amide bonds. The summed E-state index contributed by atoms with van der Waals surface area (Å²) < 4.78 is 53.8. The zero-order valence-electron chi connectivity index (χ0n) is 18.8. The number of halogens is 2. The fraction of sp³-hybridized carbons (Fsp3) is 0.200. The molecule has 4 rings (SSSR count). The van der Waals surface area contributed by atoms with Gasteiger partial charge in [0.25, 0.3) is 21.8 Å². The lowest BCUT2D eigenvalue weighted by atomic mass is 10.1. The highest BCUT2D eigenvalue weighted by atomic mass is 32.2. The zero-order valence-corrected chi connectivity index (χ0v) is 19.6. The zero-order chi connectivity index (χ0) is 25.2. The van der Waals surface area contributed by atoms with Gasteiger partial charge in [0.05, 0.1) is 4.90 Å². The van der Waals surface area contributed by atoms with Crippen LogP contribution in [0, 0.1) is 11.6 Å². The Kier molecular flexibility index (Phi) is 6.83. The first kappa shape index (κ1) is 24.3. The largest absolute Gasteiger partial charge is 0.355 e.